The molecule has 2 aliphatic heterocycles. The molecule has 0 aliphatic carbocycles. The van der Waals surface area contributed by atoms with Gasteiger partial charge >= 0.3 is 6.03 Å². The third kappa shape index (κ3) is 3.18. The van der Waals surface area contributed by atoms with Gasteiger partial charge < -0.3 is 10.2 Å². The maximum Gasteiger partial charge on any atom is 0.323 e. The van der Waals surface area contributed by atoms with Crippen molar-refractivity contribution in [2.45, 2.75) is 18.4 Å². The molecule has 0 bridgehead atoms. The highest BCUT2D eigenvalue weighted by Crippen LogP contribution is 2.39. The highest BCUT2D eigenvalue weighted by atomic mass is 16.2. The van der Waals surface area contributed by atoms with Crippen LogP contribution in [0.4, 0.5) is 10.6 Å². The van der Waals surface area contributed by atoms with Gasteiger partial charge in [-0.05, 0) is 24.5 Å². The second-order valence-corrected chi connectivity index (χ2v) is 7.65. The minimum absolute atomic E-state index is 0.0303. The maximum atomic E-state index is 12.7. The van der Waals surface area contributed by atoms with E-state index in [2.05, 4.69) is 20.6 Å². The average Bonchev–Trinajstić information content (AvgIpc) is 3.07. The normalized spacial score (nSPS) is 16.8. The lowest BCUT2D eigenvalue weighted by atomic mass is 9.82. The van der Waals surface area contributed by atoms with Crippen LogP contribution < -0.4 is 10.6 Å². The summed E-state index contributed by atoms with van der Waals surface area (Å²) in [6.07, 6.45) is 4.59. The zero-order chi connectivity index (χ0) is 20.6. The lowest BCUT2D eigenvalue weighted by Gasteiger charge is -2.39. The molecule has 3 amide bonds. The third-order valence-corrected chi connectivity index (χ3v) is 5.90. The second kappa shape index (κ2) is 7.26. The summed E-state index contributed by atoms with van der Waals surface area (Å²) in [5.41, 5.74) is 3.13. The van der Waals surface area contributed by atoms with Gasteiger partial charge in [0, 0.05) is 24.2 Å². The Kier molecular flexibility index (Phi) is 4.43. The van der Waals surface area contributed by atoms with Gasteiger partial charge in [0.25, 0.3) is 5.91 Å². The monoisotopic (exact) mass is 399 g/mol. The predicted molar refractivity (Wildman–Crippen MR) is 113 cm³/mol. The van der Waals surface area contributed by atoms with E-state index in [4.69, 9.17) is 0 Å². The van der Waals surface area contributed by atoms with Gasteiger partial charge in [0.15, 0.2) is 5.82 Å². The van der Waals surface area contributed by atoms with E-state index >= 15 is 0 Å². The number of rotatable bonds is 2. The van der Waals surface area contributed by atoms with Crippen LogP contribution in [0.5, 0.6) is 0 Å². The molecule has 0 unspecified atom stereocenters. The molecule has 1 fully saturated rings. The molecule has 3 aromatic rings. The molecule has 150 valence electrons. The first-order valence-electron chi connectivity index (χ1n) is 10.0. The number of piperidine rings is 1. The summed E-state index contributed by atoms with van der Waals surface area (Å²) in [5.74, 6) is 0.386. The molecule has 1 saturated heterocycles. The molecule has 7 nitrogen and oxygen atoms in total. The molecule has 30 heavy (non-hydrogen) atoms. The fourth-order valence-electron chi connectivity index (χ4n) is 4.28. The Labute approximate surface area is 174 Å². The summed E-state index contributed by atoms with van der Waals surface area (Å²) in [4.78, 5) is 35.5. The second-order valence-electron chi connectivity index (χ2n) is 7.65. The number of anilines is 1. The topological polar surface area (TPSA) is 87.2 Å². The van der Waals surface area contributed by atoms with Gasteiger partial charge in [-0.25, -0.2) is 9.78 Å². The molecule has 1 aromatic heterocycles. The van der Waals surface area contributed by atoms with Crippen molar-refractivity contribution in [2.24, 2.45) is 0 Å². The van der Waals surface area contributed by atoms with Crippen LogP contribution in [0.3, 0.4) is 0 Å². The summed E-state index contributed by atoms with van der Waals surface area (Å²) in [5, 5.41) is 5.97. The standard InChI is InChI=1S/C23H21N5O2/c29-21-17-8-4-5-9-18(17)23(27-21)10-12-28(13-11-23)22(30)26-20-15-24-19(14-25-20)16-6-2-1-3-7-16/h1-9,14-15H,10-13H2,(H,27,29)(H,25,26,30). The molecule has 0 saturated carbocycles. The Morgan fingerprint density at radius 1 is 0.967 bits per heavy atom. The van der Waals surface area contributed by atoms with Gasteiger partial charge in [0.1, 0.15) is 0 Å². The van der Waals surface area contributed by atoms with Gasteiger partial charge in [-0.2, -0.15) is 0 Å². The first-order chi connectivity index (χ1) is 14.6. The zero-order valence-corrected chi connectivity index (χ0v) is 16.3. The van der Waals surface area contributed by atoms with Crippen LogP contribution >= 0.6 is 0 Å². The van der Waals surface area contributed by atoms with Gasteiger partial charge in [0.2, 0.25) is 0 Å². The van der Waals surface area contributed by atoms with E-state index in [1.54, 1.807) is 17.3 Å². The lowest BCUT2D eigenvalue weighted by Crippen LogP contribution is -2.51. The Balaban J connectivity index is 1.23. The summed E-state index contributed by atoms with van der Waals surface area (Å²) >= 11 is 0. The van der Waals surface area contributed by atoms with Gasteiger partial charge in [-0.3, -0.25) is 15.1 Å². The summed E-state index contributed by atoms with van der Waals surface area (Å²) in [6.45, 7) is 1.10. The number of hydrogen-bond acceptors (Lipinski definition) is 4. The average molecular weight is 399 g/mol. The number of urea groups is 1. The van der Waals surface area contributed by atoms with Crippen molar-refractivity contribution in [2.75, 3.05) is 18.4 Å². The number of carbonyl (C=O) groups is 2. The minimum Gasteiger partial charge on any atom is -0.342 e. The molecule has 0 radical (unpaired) electrons. The summed E-state index contributed by atoms with van der Waals surface area (Å²) < 4.78 is 0. The highest BCUT2D eigenvalue weighted by molar-refractivity contribution is 6.00. The van der Waals surface area contributed by atoms with E-state index in [0.717, 1.165) is 22.4 Å². The molecule has 0 atom stereocenters. The van der Waals surface area contributed by atoms with E-state index in [9.17, 15) is 9.59 Å². The smallest absolute Gasteiger partial charge is 0.323 e. The molecular formula is C23H21N5O2. The number of aromatic nitrogens is 2. The van der Waals surface area contributed by atoms with Crippen molar-refractivity contribution in [1.29, 1.82) is 0 Å². The van der Waals surface area contributed by atoms with Crippen molar-refractivity contribution < 1.29 is 9.59 Å². The summed E-state index contributed by atoms with van der Waals surface area (Å²) in [6, 6.07) is 17.3. The highest BCUT2D eigenvalue weighted by Gasteiger charge is 2.45. The van der Waals surface area contributed by atoms with Crippen LogP contribution in [-0.4, -0.2) is 39.9 Å². The van der Waals surface area contributed by atoms with Crippen molar-refractivity contribution >= 4 is 17.8 Å². The molecule has 2 aromatic carbocycles. The van der Waals surface area contributed by atoms with E-state index in [0.29, 0.717) is 31.7 Å². The van der Waals surface area contributed by atoms with E-state index in [1.165, 1.54) is 0 Å². The molecule has 7 heteroatoms. The van der Waals surface area contributed by atoms with Crippen LogP contribution in [0.1, 0.15) is 28.8 Å². The number of benzene rings is 2. The number of nitrogens with one attached hydrogen (secondary N) is 2. The third-order valence-electron chi connectivity index (χ3n) is 5.90. The largest absolute Gasteiger partial charge is 0.342 e. The van der Waals surface area contributed by atoms with Crippen molar-refractivity contribution in [3.8, 4) is 11.3 Å². The van der Waals surface area contributed by atoms with Crippen LogP contribution in [0.2, 0.25) is 0 Å². The number of nitrogens with zero attached hydrogens (tertiary/aromatic N) is 3. The number of likely N-dealkylation sites (tertiary alicyclic amines) is 1. The fraction of sp³-hybridized carbons (Fsp3) is 0.217. The molecule has 2 N–H and O–H groups in total. The minimum atomic E-state index is -0.373. The Morgan fingerprint density at radius 3 is 2.43 bits per heavy atom. The first kappa shape index (κ1) is 18.3. The van der Waals surface area contributed by atoms with Gasteiger partial charge in [-0.1, -0.05) is 48.5 Å². The van der Waals surface area contributed by atoms with Gasteiger partial charge in [-0.15, -0.1) is 0 Å². The van der Waals surface area contributed by atoms with E-state index in [1.807, 2.05) is 54.6 Å². The van der Waals surface area contributed by atoms with E-state index in [-0.39, 0.29) is 17.5 Å². The van der Waals surface area contributed by atoms with Crippen molar-refractivity contribution in [3.63, 3.8) is 0 Å². The first-order valence-corrected chi connectivity index (χ1v) is 10.0. The number of fused-ring (bicyclic) bond motifs is 2. The zero-order valence-electron chi connectivity index (χ0n) is 16.3. The van der Waals surface area contributed by atoms with Crippen molar-refractivity contribution in [3.05, 3.63) is 78.1 Å². The number of amides is 3. The van der Waals surface area contributed by atoms with Gasteiger partial charge in [0.05, 0.1) is 23.6 Å². The maximum absolute atomic E-state index is 12.7. The van der Waals surface area contributed by atoms with Crippen molar-refractivity contribution in [1.82, 2.24) is 20.2 Å². The van der Waals surface area contributed by atoms with E-state index < -0.39 is 0 Å². The summed E-state index contributed by atoms with van der Waals surface area (Å²) in [7, 11) is 0. The predicted octanol–water partition coefficient (Wildman–Crippen LogP) is 3.41. The molecule has 2 aliphatic rings. The fourth-order valence-corrected chi connectivity index (χ4v) is 4.28. The molecule has 3 heterocycles. The van der Waals surface area contributed by atoms with Crippen LogP contribution in [0.25, 0.3) is 11.3 Å². The van der Waals surface area contributed by atoms with Crippen LogP contribution in [0.15, 0.2) is 67.0 Å². The number of hydrogen-bond donors (Lipinski definition) is 2. The quantitative estimate of drug-likeness (QED) is 0.691. The molecule has 5 rings (SSSR count). The Bertz CT molecular complexity index is 1090. The van der Waals surface area contributed by atoms with Crippen LogP contribution in [0, 0.1) is 0 Å². The molecule has 1 spiro atoms. The van der Waals surface area contributed by atoms with Crippen LogP contribution in [-0.2, 0) is 5.54 Å². The Hall–Kier alpha value is -3.74. The lowest BCUT2D eigenvalue weighted by molar-refractivity contribution is 0.0886. The molecular weight excluding hydrogens is 378 g/mol. The Morgan fingerprint density at radius 2 is 1.70 bits per heavy atom. The SMILES string of the molecule is O=C1NC2(CCN(C(=O)Nc3cnc(-c4ccccc4)cn3)CC2)c2ccccc21. The number of carbonyl (C=O) groups excluding carboxylic acids is 2.